The quantitative estimate of drug-likeness (QED) is 0.802. The van der Waals surface area contributed by atoms with Crippen LogP contribution in [0.2, 0.25) is 0 Å². The zero-order valence-electron chi connectivity index (χ0n) is 14.0. The number of benzene rings is 1. The van der Waals surface area contributed by atoms with Gasteiger partial charge in [0.15, 0.2) is 0 Å². The number of carbonyl (C=O) groups is 1. The first kappa shape index (κ1) is 17.0. The summed E-state index contributed by atoms with van der Waals surface area (Å²) in [6.45, 7) is 3.42. The Bertz CT molecular complexity index is 650. The molecule has 0 unspecified atom stereocenters. The SMILES string of the molecule is CCc1ccc(CNC2CC(NC(=O)OCc3ccccc3)C2)s1. The van der Waals surface area contributed by atoms with Gasteiger partial charge in [0.05, 0.1) is 0 Å². The lowest BCUT2D eigenvalue weighted by molar-refractivity contribution is 0.125. The molecule has 128 valence electrons. The largest absolute Gasteiger partial charge is 0.445 e. The molecule has 1 saturated carbocycles. The summed E-state index contributed by atoms with van der Waals surface area (Å²) in [6, 6.07) is 14.8. The van der Waals surface area contributed by atoms with Crippen molar-refractivity contribution in [3.05, 3.63) is 57.8 Å². The van der Waals surface area contributed by atoms with Crippen LogP contribution in [0, 0.1) is 0 Å². The highest BCUT2D eigenvalue weighted by atomic mass is 32.1. The molecule has 0 aliphatic heterocycles. The predicted molar refractivity (Wildman–Crippen MR) is 97.1 cm³/mol. The lowest BCUT2D eigenvalue weighted by Crippen LogP contribution is -2.52. The van der Waals surface area contributed by atoms with E-state index in [1.807, 2.05) is 41.7 Å². The van der Waals surface area contributed by atoms with Gasteiger partial charge < -0.3 is 15.4 Å². The number of amides is 1. The van der Waals surface area contributed by atoms with Gasteiger partial charge in [-0.2, -0.15) is 0 Å². The Morgan fingerprint density at radius 3 is 2.58 bits per heavy atom. The average molecular weight is 344 g/mol. The molecule has 5 heteroatoms. The number of alkyl carbamates (subject to hydrolysis) is 1. The fraction of sp³-hybridized carbons (Fsp3) is 0.421. The molecular formula is C19H24N2O2S. The Hall–Kier alpha value is -1.85. The van der Waals surface area contributed by atoms with Gasteiger partial charge in [-0.3, -0.25) is 0 Å². The van der Waals surface area contributed by atoms with Crippen molar-refractivity contribution >= 4 is 17.4 Å². The second-order valence-corrected chi connectivity index (χ2v) is 7.43. The van der Waals surface area contributed by atoms with Gasteiger partial charge in [0.25, 0.3) is 0 Å². The normalized spacial score (nSPS) is 19.5. The van der Waals surface area contributed by atoms with Crippen LogP contribution in [-0.4, -0.2) is 18.2 Å². The van der Waals surface area contributed by atoms with Crippen LogP contribution in [0.5, 0.6) is 0 Å². The Kier molecular flexibility index (Phi) is 5.88. The highest BCUT2D eigenvalue weighted by Crippen LogP contribution is 2.22. The number of nitrogens with one attached hydrogen (secondary N) is 2. The van der Waals surface area contributed by atoms with Crippen LogP contribution in [-0.2, 0) is 24.3 Å². The highest BCUT2D eigenvalue weighted by molar-refractivity contribution is 7.11. The van der Waals surface area contributed by atoms with Crippen LogP contribution in [0.1, 0.15) is 35.1 Å². The first-order valence-corrected chi connectivity index (χ1v) is 9.32. The van der Waals surface area contributed by atoms with Gasteiger partial charge in [0.1, 0.15) is 6.61 Å². The van der Waals surface area contributed by atoms with E-state index < -0.39 is 0 Å². The molecule has 1 heterocycles. The summed E-state index contributed by atoms with van der Waals surface area (Å²) in [7, 11) is 0. The van der Waals surface area contributed by atoms with E-state index in [1.54, 1.807) is 0 Å². The maximum atomic E-state index is 11.8. The summed E-state index contributed by atoms with van der Waals surface area (Å²) in [4.78, 5) is 14.6. The number of ether oxygens (including phenoxy) is 1. The molecule has 1 aliphatic rings. The lowest BCUT2D eigenvalue weighted by atomic mass is 9.87. The molecule has 1 fully saturated rings. The first-order valence-electron chi connectivity index (χ1n) is 8.51. The first-order chi connectivity index (χ1) is 11.7. The van der Waals surface area contributed by atoms with Gasteiger partial charge in [-0.15, -0.1) is 11.3 Å². The van der Waals surface area contributed by atoms with Crippen LogP contribution < -0.4 is 10.6 Å². The smallest absolute Gasteiger partial charge is 0.407 e. The fourth-order valence-corrected chi connectivity index (χ4v) is 3.69. The van der Waals surface area contributed by atoms with Crippen molar-refractivity contribution < 1.29 is 9.53 Å². The molecule has 0 radical (unpaired) electrons. The van der Waals surface area contributed by atoms with E-state index in [-0.39, 0.29) is 12.1 Å². The van der Waals surface area contributed by atoms with Crippen molar-refractivity contribution in [1.82, 2.24) is 10.6 Å². The molecule has 0 saturated heterocycles. The molecule has 0 atom stereocenters. The number of rotatable bonds is 7. The van der Waals surface area contributed by atoms with Crippen LogP contribution >= 0.6 is 11.3 Å². The van der Waals surface area contributed by atoms with Gasteiger partial charge in [0, 0.05) is 28.4 Å². The number of carbonyl (C=O) groups excluding carboxylic acids is 1. The molecule has 4 nitrogen and oxygen atoms in total. The molecule has 1 aromatic carbocycles. The third-order valence-electron chi connectivity index (χ3n) is 4.30. The predicted octanol–water partition coefficient (Wildman–Crippen LogP) is 3.86. The molecule has 2 N–H and O–H groups in total. The Balaban J connectivity index is 1.29. The van der Waals surface area contributed by atoms with Crippen molar-refractivity contribution in [1.29, 1.82) is 0 Å². The van der Waals surface area contributed by atoms with Gasteiger partial charge in [-0.05, 0) is 37.0 Å². The van der Waals surface area contributed by atoms with Crippen molar-refractivity contribution in [3.8, 4) is 0 Å². The van der Waals surface area contributed by atoms with Crippen molar-refractivity contribution in [2.75, 3.05) is 0 Å². The summed E-state index contributed by atoms with van der Waals surface area (Å²) in [5.41, 5.74) is 1.00. The van der Waals surface area contributed by atoms with Crippen LogP contribution in [0.15, 0.2) is 42.5 Å². The maximum Gasteiger partial charge on any atom is 0.407 e. The Labute approximate surface area is 147 Å². The van der Waals surface area contributed by atoms with E-state index in [9.17, 15) is 4.79 Å². The summed E-state index contributed by atoms with van der Waals surface area (Å²) >= 11 is 1.87. The minimum atomic E-state index is -0.326. The Morgan fingerprint density at radius 1 is 1.12 bits per heavy atom. The summed E-state index contributed by atoms with van der Waals surface area (Å²) in [5, 5.41) is 6.48. The minimum Gasteiger partial charge on any atom is -0.445 e. The maximum absolute atomic E-state index is 11.8. The second-order valence-electron chi connectivity index (χ2n) is 6.17. The summed E-state index contributed by atoms with van der Waals surface area (Å²) in [5.74, 6) is 0. The van der Waals surface area contributed by atoms with E-state index in [4.69, 9.17) is 4.74 Å². The monoisotopic (exact) mass is 344 g/mol. The average Bonchev–Trinajstić information content (AvgIpc) is 3.04. The molecule has 2 aromatic rings. The van der Waals surface area contributed by atoms with Gasteiger partial charge >= 0.3 is 6.09 Å². The number of thiophene rings is 1. The van der Waals surface area contributed by atoms with E-state index in [0.717, 1.165) is 31.4 Å². The van der Waals surface area contributed by atoms with E-state index in [0.29, 0.717) is 12.6 Å². The number of hydrogen-bond donors (Lipinski definition) is 2. The van der Waals surface area contributed by atoms with Crippen molar-refractivity contribution in [3.63, 3.8) is 0 Å². The molecule has 1 aliphatic carbocycles. The fourth-order valence-electron chi connectivity index (χ4n) is 2.79. The minimum absolute atomic E-state index is 0.223. The molecule has 24 heavy (non-hydrogen) atoms. The number of aryl methyl sites for hydroxylation is 1. The van der Waals surface area contributed by atoms with Crippen LogP contribution in [0.25, 0.3) is 0 Å². The molecule has 3 rings (SSSR count). The highest BCUT2D eigenvalue weighted by Gasteiger charge is 2.30. The molecular weight excluding hydrogens is 320 g/mol. The molecule has 0 bridgehead atoms. The van der Waals surface area contributed by atoms with Gasteiger partial charge in [-0.25, -0.2) is 4.79 Å². The molecule has 1 amide bonds. The van der Waals surface area contributed by atoms with E-state index >= 15 is 0 Å². The molecule has 1 aromatic heterocycles. The van der Waals surface area contributed by atoms with Crippen molar-refractivity contribution in [2.45, 2.75) is 51.4 Å². The standard InChI is InChI=1S/C19H24N2O2S/c1-2-17-8-9-18(24-17)12-20-15-10-16(11-15)21-19(22)23-13-14-6-4-3-5-7-14/h3-9,15-16,20H,2,10-13H2,1H3,(H,21,22). The Morgan fingerprint density at radius 2 is 1.88 bits per heavy atom. The van der Waals surface area contributed by atoms with Crippen LogP contribution in [0.3, 0.4) is 0 Å². The van der Waals surface area contributed by atoms with Gasteiger partial charge in [-0.1, -0.05) is 37.3 Å². The third-order valence-corrected chi connectivity index (χ3v) is 5.53. The van der Waals surface area contributed by atoms with Gasteiger partial charge in [0.2, 0.25) is 0 Å². The summed E-state index contributed by atoms with van der Waals surface area (Å²) in [6.07, 6.45) is 2.71. The van der Waals surface area contributed by atoms with Crippen LogP contribution in [0.4, 0.5) is 4.79 Å². The van der Waals surface area contributed by atoms with E-state index in [1.165, 1.54) is 9.75 Å². The zero-order chi connectivity index (χ0) is 16.8. The lowest BCUT2D eigenvalue weighted by Gasteiger charge is -2.36. The topological polar surface area (TPSA) is 50.4 Å². The third kappa shape index (κ3) is 4.82. The van der Waals surface area contributed by atoms with E-state index in [2.05, 4.69) is 29.7 Å². The molecule has 0 spiro atoms. The second kappa shape index (κ2) is 8.31. The van der Waals surface area contributed by atoms with Crippen molar-refractivity contribution in [2.24, 2.45) is 0 Å². The number of hydrogen-bond acceptors (Lipinski definition) is 4. The summed E-state index contributed by atoms with van der Waals surface area (Å²) < 4.78 is 5.25. The zero-order valence-corrected chi connectivity index (χ0v) is 14.8.